The van der Waals surface area contributed by atoms with E-state index in [1.54, 1.807) is 11.3 Å². The van der Waals surface area contributed by atoms with Gasteiger partial charge in [0.15, 0.2) is 5.96 Å². The predicted molar refractivity (Wildman–Crippen MR) is 96.4 cm³/mol. The van der Waals surface area contributed by atoms with Crippen molar-refractivity contribution in [1.82, 2.24) is 30.4 Å². The Kier molecular flexibility index (Phi) is 5.13. The summed E-state index contributed by atoms with van der Waals surface area (Å²) in [6.07, 6.45) is 2.13. The highest BCUT2D eigenvalue weighted by molar-refractivity contribution is 7.11. The zero-order chi connectivity index (χ0) is 17.1. The molecule has 0 spiro atoms. The van der Waals surface area contributed by atoms with Gasteiger partial charge in [0.25, 0.3) is 0 Å². The van der Waals surface area contributed by atoms with Crippen molar-refractivity contribution in [2.24, 2.45) is 10.9 Å². The summed E-state index contributed by atoms with van der Waals surface area (Å²) in [5, 5.41) is 16.3. The van der Waals surface area contributed by atoms with Gasteiger partial charge in [-0.15, -0.1) is 21.5 Å². The summed E-state index contributed by atoms with van der Waals surface area (Å²) in [7, 11) is 1.81. The van der Waals surface area contributed by atoms with Gasteiger partial charge in [-0.05, 0) is 33.1 Å². The second-order valence-corrected chi connectivity index (χ2v) is 7.51. The first-order valence-corrected chi connectivity index (χ1v) is 9.14. The van der Waals surface area contributed by atoms with Gasteiger partial charge in [0.05, 0.1) is 17.2 Å². The zero-order valence-electron chi connectivity index (χ0n) is 14.8. The number of fused-ring (bicyclic) bond motifs is 1. The van der Waals surface area contributed by atoms with Crippen LogP contribution < -0.4 is 10.6 Å². The fourth-order valence-corrected chi connectivity index (χ4v) is 3.94. The summed E-state index contributed by atoms with van der Waals surface area (Å²) in [5.41, 5.74) is 1.10. The van der Waals surface area contributed by atoms with E-state index >= 15 is 0 Å². The molecule has 2 aromatic rings. The summed E-state index contributed by atoms with van der Waals surface area (Å²) < 4.78 is 2.23. The lowest BCUT2D eigenvalue weighted by Gasteiger charge is -2.25. The second kappa shape index (κ2) is 7.29. The van der Waals surface area contributed by atoms with Gasteiger partial charge in [-0.2, -0.15) is 0 Å². The molecule has 2 N–H and O–H groups in total. The Balaban J connectivity index is 1.50. The van der Waals surface area contributed by atoms with Crippen molar-refractivity contribution in [3.05, 3.63) is 27.2 Å². The number of nitrogens with zero attached hydrogens (tertiary/aromatic N) is 5. The van der Waals surface area contributed by atoms with E-state index < -0.39 is 0 Å². The van der Waals surface area contributed by atoms with Crippen molar-refractivity contribution in [3.8, 4) is 0 Å². The number of nitrogens with one attached hydrogen (secondary N) is 2. The monoisotopic (exact) mass is 347 g/mol. The molecule has 1 unspecified atom stereocenters. The molecular weight excluding hydrogens is 322 g/mol. The molecule has 0 aliphatic carbocycles. The number of thiazole rings is 1. The Hall–Kier alpha value is -1.96. The molecule has 24 heavy (non-hydrogen) atoms. The molecule has 0 radical (unpaired) electrons. The first-order chi connectivity index (χ1) is 11.6. The zero-order valence-corrected chi connectivity index (χ0v) is 15.6. The average Bonchev–Trinajstić information content (AvgIpc) is 3.10. The lowest BCUT2D eigenvalue weighted by Crippen LogP contribution is -2.41. The average molecular weight is 347 g/mol. The van der Waals surface area contributed by atoms with Gasteiger partial charge in [-0.1, -0.05) is 0 Å². The summed E-state index contributed by atoms with van der Waals surface area (Å²) in [6, 6.07) is 0. The van der Waals surface area contributed by atoms with E-state index in [1.807, 2.05) is 20.9 Å². The van der Waals surface area contributed by atoms with Crippen LogP contribution in [0.25, 0.3) is 0 Å². The highest BCUT2D eigenvalue weighted by Gasteiger charge is 2.21. The molecule has 130 valence electrons. The van der Waals surface area contributed by atoms with Gasteiger partial charge < -0.3 is 15.2 Å². The maximum absolute atomic E-state index is 4.46. The van der Waals surface area contributed by atoms with Gasteiger partial charge in [-0.3, -0.25) is 4.99 Å². The molecule has 7 nitrogen and oxygen atoms in total. The summed E-state index contributed by atoms with van der Waals surface area (Å²) in [5.74, 6) is 3.53. The topological polar surface area (TPSA) is 80.0 Å². The fourth-order valence-electron chi connectivity index (χ4n) is 3.06. The molecule has 0 fully saturated rings. The molecule has 0 saturated carbocycles. The van der Waals surface area contributed by atoms with Crippen molar-refractivity contribution < 1.29 is 0 Å². The molecule has 8 heteroatoms. The van der Waals surface area contributed by atoms with Crippen LogP contribution in [0.3, 0.4) is 0 Å². The molecule has 1 aliphatic heterocycles. The molecule has 0 amide bonds. The standard InChI is InChI=1S/C16H25N7S/c1-10-14(24-12(3)20-10)8-19-16(17-4)18-7-13-5-6-15-22-21-11(2)23(15)9-13/h13H,5-9H2,1-4H3,(H2,17,18,19). The maximum atomic E-state index is 4.46. The smallest absolute Gasteiger partial charge is 0.191 e. The van der Waals surface area contributed by atoms with E-state index in [-0.39, 0.29) is 0 Å². The maximum Gasteiger partial charge on any atom is 0.191 e. The third kappa shape index (κ3) is 3.75. The summed E-state index contributed by atoms with van der Waals surface area (Å²) >= 11 is 1.73. The van der Waals surface area contributed by atoms with Crippen LogP contribution in [0.2, 0.25) is 0 Å². The Bertz CT molecular complexity index is 731. The second-order valence-electron chi connectivity index (χ2n) is 6.23. The van der Waals surface area contributed by atoms with Gasteiger partial charge in [0.1, 0.15) is 11.6 Å². The van der Waals surface area contributed by atoms with Gasteiger partial charge in [-0.25, -0.2) is 4.98 Å². The van der Waals surface area contributed by atoms with Crippen LogP contribution in [-0.2, 0) is 19.5 Å². The lowest BCUT2D eigenvalue weighted by molar-refractivity contribution is 0.358. The minimum atomic E-state index is 0.568. The molecule has 1 atom stereocenters. The first-order valence-electron chi connectivity index (χ1n) is 8.33. The van der Waals surface area contributed by atoms with Crippen molar-refractivity contribution >= 4 is 17.3 Å². The molecule has 2 aromatic heterocycles. The Labute approximate surface area is 146 Å². The molecule has 0 saturated heterocycles. The first kappa shape index (κ1) is 16.9. The highest BCUT2D eigenvalue weighted by Crippen LogP contribution is 2.19. The molecule has 1 aliphatic rings. The number of rotatable bonds is 4. The normalized spacial score (nSPS) is 17.7. The van der Waals surface area contributed by atoms with Crippen molar-refractivity contribution in [2.45, 2.75) is 46.7 Å². The largest absolute Gasteiger partial charge is 0.356 e. The van der Waals surface area contributed by atoms with Crippen LogP contribution in [-0.4, -0.2) is 39.3 Å². The molecule has 3 rings (SSSR count). The quantitative estimate of drug-likeness (QED) is 0.648. The van der Waals surface area contributed by atoms with E-state index in [4.69, 9.17) is 0 Å². The van der Waals surface area contributed by atoms with Gasteiger partial charge >= 0.3 is 0 Å². The van der Waals surface area contributed by atoms with Crippen LogP contribution in [0.15, 0.2) is 4.99 Å². The number of aliphatic imine (C=N–C) groups is 1. The van der Waals surface area contributed by atoms with Gasteiger partial charge in [0, 0.05) is 31.4 Å². The van der Waals surface area contributed by atoms with Crippen LogP contribution in [0, 0.1) is 26.7 Å². The van der Waals surface area contributed by atoms with E-state index in [0.29, 0.717) is 5.92 Å². The Morgan fingerprint density at radius 1 is 1.29 bits per heavy atom. The van der Waals surface area contributed by atoms with E-state index in [9.17, 15) is 0 Å². The van der Waals surface area contributed by atoms with Crippen molar-refractivity contribution in [1.29, 1.82) is 0 Å². The van der Waals surface area contributed by atoms with Crippen molar-refractivity contribution in [2.75, 3.05) is 13.6 Å². The van der Waals surface area contributed by atoms with Gasteiger partial charge in [0.2, 0.25) is 0 Å². The third-order valence-electron chi connectivity index (χ3n) is 4.43. The number of aromatic nitrogens is 4. The number of hydrogen-bond donors (Lipinski definition) is 2. The summed E-state index contributed by atoms with van der Waals surface area (Å²) in [6.45, 7) is 8.75. The molecule has 3 heterocycles. The van der Waals surface area contributed by atoms with E-state index in [0.717, 1.165) is 60.8 Å². The number of hydrogen-bond acceptors (Lipinski definition) is 5. The number of guanidine groups is 1. The Morgan fingerprint density at radius 3 is 2.83 bits per heavy atom. The SMILES string of the molecule is CN=C(NCc1sc(C)nc1C)NCC1CCc2nnc(C)n2C1. The molecule has 0 aromatic carbocycles. The molecule has 0 bridgehead atoms. The van der Waals surface area contributed by atoms with Crippen LogP contribution >= 0.6 is 11.3 Å². The van der Waals surface area contributed by atoms with Crippen molar-refractivity contribution in [3.63, 3.8) is 0 Å². The summed E-state index contributed by atoms with van der Waals surface area (Å²) in [4.78, 5) is 10.0. The number of aryl methyl sites for hydroxylation is 4. The predicted octanol–water partition coefficient (Wildman–Crippen LogP) is 1.59. The van der Waals surface area contributed by atoms with Crippen LogP contribution in [0.5, 0.6) is 0 Å². The minimum absolute atomic E-state index is 0.568. The minimum Gasteiger partial charge on any atom is -0.356 e. The van der Waals surface area contributed by atoms with Crippen LogP contribution in [0.1, 0.15) is 33.6 Å². The lowest BCUT2D eigenvalue weighted by atomic mass is 9.99. The third-order valence-corrected chi connectivity index (χ3v) is 5.50. The van der Waals surface area contributed by atoms with Crippen LogP contribution in [0.4, 0.5) is 0 Å². The fraction of sp³-hybridized carbons (Fsp3) is 0.625. The van der Waals surface area contributed by atoms with E-state index in [1.165, 1.54) is 4.88 Å². The molecular formula is C16H25N7S. The Morgan fingerprint density at radius 2 is 2.12 bits per heavy atom. The highest BCUT2D eigenvalue weighted by atomic mass is 32.1. The van der Waals surface area contributed by atoms with E-state index in [2.05, 4.69) is 42.3 Å².